The summed E-state index contributed by atoms with van der Waals surface area (Å²) in [5.41, 5.74) is 2.60. The number of aryl methyl sites for hydroxylation is 1. The van der Waals surface area contributed by atoms with Crippen LogP contribution in [0, 0.1) is 6.92 Å². The molecule has 0 radical (unpaired) electrons. The van der Waals surface area contributed by atoms with Gasteiger partial charge in [-0.25, -0.2) is 0 Å². The van der Waals surface area contributed by atoms with E-state index in [1.54, 1.807) is 0 Å². The molecule has 1 aliphatic rings. The maximum absolute atomic E-state index is 12.3. The van der Waals surface area contributed by atoms with Gasteiger partial charge >= 0.3 is 0 Å². The van der Waals surface area contributed by atoms with Crippen molar-refractivity contribution in [2.24, 2.45) is 0 Å². The van der Waals surface area contributed by atoms with E-state index in [1.165, 1.54) is 11.1 Å². The highest BCUT2D eigenvalue weighted by Gasteiger charge is 2.29. The molecule has 1 aromatic carbocycles. The Morgan fingerprint density at radius 2 is 2.16 bits per heavy atom. The molecule has 104 valence electrons. The van der Waals surface area contributed by atoms with E-state index in [1.807, 2.05) is 0 Å². The van der Waals surface area contributed by atoms with Crippen molar-refractivity contribution < 1.29 is 4.79 Å². The van der Waals surface area contributed by atoms with Crippen LogP contribution in [-0.4, -0.2) is 23.2 Å². The Morgan fingerprint density at radius 1 is 1.37 bits per heavy atom. The number of rotatable bonds is 5. The second-order valence-electron chi connectivity index (χ2n) is 5.25. The lowest BCUT2D eigenvalue weighted by molar-refractivity contribution is -0.132. The van der Waals surface area contributed by atoms with Gasteiger partial charge in [0, 0.05) is 18.8 Å². The number of carbonyl (C=O) groups is 1. The first kappa shape index (κ1) is 14.4. The number of likely N-dealkylation sites (tertiary alicyclic amines) is 1. The highest BCUT2D eigenvalue weighted by atomic mass is 35.5. The first-order chi connectivity index (χ1) is 9.24. The Hall–Kier alpha value is -1.02. The molecule has 0 aromatic heterocycles. The van der Waals surface area contributed by atoms with Crippen molar-refractivity contribution in [1.29, 1.82) is 0 Å². The average molecular weight is 280 g/mol. The molecule has 1 aromatic rings. The molecule has 1 atom stereocenters. The number of amides is 1. The summed E-state index contributed by atoms with van der Waals surface area (Å²) in [4.78, 5) is 14.4. The molecule has 0 spiro atoms. The van der Waals surface area contributed by atoms with Gasteiger partial charge in [-0.2, -0.15) is 0 Å². The largest absolute Gasteiger partial charge is 0.336 e. The number of hydrogen-bond donors (Lipinski definition) is 0. The van der Waals surface area contributed by atoms with Crippen LogP contribution in [-0.2, 0) is 4.79 Å². The fraction of sp³-hybridized carbons (Fsp3) is 0.562. The standard InChI is InChI=1S/C16H22ClNO/c1-13-7-2-3-8-14(13)15-9-6-12-18(15)16(19)10-4-5-11-17/h2-3,7-8,15H,4-6,9-12H2,1H3. The van der Waals surface area contributed by atoms with E-state index in [4.69, 9.17) is 11.6 Å². The number of unbranched alkanes of at least 4 members (excludes halogenated alkanes) is 1. The average Bonchev–Trinajstić information content (AvgIpc) is 2.88. The van der Waals surface area contributed by atoms with Crippen LogP contribution in [0.1, 0.15) is 49.3 Å². The van der Waals surface area contributed by atoms with Crippen molar-refractivity contribution in [3.63, 3.8) is 0 Å². The number of alkyl halides is 1. The van der Waals surface area contributed by atoms with Gasteiger partial charge in [-0.1, -0.05) is 24.3 Å². The molecule has 0 N–H and O–H groups in total. The zero-order valence-electron chi connectivity index (χ0n) is 11.6. The van der Waals surface area contributed by atoms with E-state index >= 15 is 0 Å². The van der Waals surface area contributed by atoms with Crippen LogP contribution in [0.4, 0.5) is 0 Å². The SMILES string of the molecule is Cc1ccccc1C1CCCN1C(=O)CCCCCl. The first-order valence-electron chi connectivity index (χ1n) is 7.15. The minimum absolute atomic E-state index is 0.282. The zero-order valence-corrected chi connectivity index (χ0v) is 12.3. The summed E-state index contributed by atoms with van der Waals surface area (Å²) in [5.74, 6) is 0.935. The molecular formula is C16H22ClNO. The number of halogens is 1. The van der Waals surface area contributed by atoms with Gasteiger partial charge < -0.3 is 4.90 Å². The molecule has 19 heavy (non-hydrogen) atoms. The zero-order chi connectivity index (χ0) is 13.7. The van der Waals surface area contributed by atoms with E-state index in [9.17, 15) is 4.79 Å². The fourth-order valence-electron chi connectivity index (χ4n) is 2.86. The van der Waals surface area contributed by atoms with E-state index in [-0.39, 0.29) is 11.9 Å². The molecule has 2 rings (SSSR count). The second kappa shape index (κ2) is 6.95. The highest BCUT2D eigenvalue weighted by molar-refractivity contribution is 6.17. The van der Waals surface area contributed by atoms with E-state index in [2.05, 4.69) is 36.1 Å². The number of benzene rings is 1. The van der Waals surface area contributed by atoms with Gasteiger partial charge in [0.05, 0.1) is 6.04 Å². The highest BCUT2D eigenvalue weighted by Crippen LogP contribution is 2.34. The third kappa shape index (κ3) is 3.50. The molecular weight excluding hydrogens is 258 g/mol. The maximum Gasteiger partial charge on any atom is 0.223 e. The molecule has 0 saturated carbocycles. The van der Waals surface area contributed by atoms with Crippen LogP contribution in [0.25, 0.3) is 0 Å². The monoisotopic (exact) mass is 279 g/mol. The van der Waals surface area contributed by atoms with Crippen LogP contribution in [0.15, 0.2) is 24.3 Å². The fourth-order valence-corrected chi connectivity index (χ4v) is 3.05. The summed E-state index contributed by atoms with van der Waals surface area (Å²) in [6.45, 7) is 3.03. The van der Waals surface area contributed by atoms with Crippen LogP contribution >= 0.6 is 11.6 Å². The maximum atomic E-state index is 12.3. The van der Waals surface area contributed by atoms with Crippen molar-refractivity contribution >= 4 is 17.5 Å². The molecule has 1 amide bonds. The summed E-state index contributed by atoms with van der Waals surface area (Å²) < 4.78 is 0. The van der Waals surface area contributed by atoms with Crippen LogP contribution in [0.3, 0.4) is 0 Å². The molecule has 1 fully saturated rings. The predicted molar refractivity (Wildman–Crippen MR) is 79.4 cm³/mol. The van der Waals surface area contributed by atoms with Gasteiger partial charge in [0.15, 0.2) is 0 Å². The normalized spacial score (nSPS) is 18.8. The number of hydrogen-bond acceptors (Lipinski definition) is 1. The second-order valence-corrected chi connectivity index (χ2v) is 5.63. The van der Waals surface area contributed by atoms with Crippen LogP contribution < -0.4 is 0 Å². The Bertz CT molecular complexity index is 433. The van der Waals surface area contributed by atoms with Crippen molar-refractivity contribution in [3.8, 4) is 0 Å². The molecule has 1 unspecified atom stereocenters. The lowest BCUT2D eigenvalue weighted by Crippen LogP contribution is -2.30. The molecule has 2 nitrogen and oxygen atoms in total. The third-order valence-corrected chi connectivity index (χ3v) is 4.16. The van der Waals surface area contributed by atoms with E-state index < -0.39 is 0 Å². The minimum atomic E-state index is 0.282. The minimum Gasteiger partial charge on any atom is -0.336 e. The van der Waals surface area contributed by atoms with Crippen LogP contribution in [0.2, 0.25) is 0 Å². The Balaban J connectivity index is 2.05. The van der Waals surface area contributed by atoms with Crippen molar-refractivity contribution in [1.82, 2.24) is 4.90 Å². The Labute approximate surface area is 120 Å². The first-order valence-corrected chi connectivity index (χ1v) is 7.68. The summed E-state index contributed by atoms with van der Waals surface area (Å²) >= 11 is 5.67. The van der Waals surface area contributed by atoms with Gasteiger partial charge in [0.25, 0.3) is 0 Å². The van der Waals surface area contributed by atoms with Gasteiger partial charge in [0.1, 0.15) is 0 Å². The molecule has 0 aliphatic carbocycles. The smallest absolute Gasteiger partial charge is 0.223 e. The quantitative estimate of drug-likeness (QED) is 0.588. The van der Waals surface area contributed by atoms with Crippen molar-refractivity contribution in [2.75, 3.05) is 12.4 Å². The molecule has 1 heterocycles. The van der Waals surface area contributed by atoms with Gasteiger partial charge in [0.2, 0.25) is 5.91 Å². The lowest BCUT2D eigenvalue weighted by atomic mass is 9.99. The van der Waals surface area contributed by atoms with Gasteiger partial charge in [-0.05, 0) is 43.7 Å². The summed E-state index contributed by atoms with van der Waals surface area (Å²) in [6, 6.07) is 8.69. The summed E-state index contributed by atoms with van der Waals surface area (Å²) in [7, 11) is 0. The Kier molecular flexibility index (Phi) is 5.26. The number of nitrogens with zero attached hydrogens (tertiary/aromatic N) is 1. The molecule has 1 saturated heterocycles. The van der Waals surface area contributed by atoms with Gasteiger partial charge in [-0.15, -0.1) is 11.6 Å². The van der Waals surface area contributed by atoms with Crippen LogP contribution in [0.5, 0.6) is 0 Å². The third-order valence-electron chi connectivity index (χ3n) is 3.89. The van der Waals surface area contributed by atoms with E-state index in [0.717, 1.165) is 32.2 Å². The number of carbonyl (C=O) groups excluding carboxylic acids is 1. The molecule has 0 bridgehead atoms. The van der Waals surface area contributed by atoms with E-state index in [0.29, 0.717) is 12.3 Å². The topological polar surface area (TPSA) is 20.3 Å². The summed E-state index contributed by atoms with van der Waals surface area (Å²) in [6.07, 6.45) is 4.66. The Morgan fingerprint density at radius 3 is 2.89 bits per heavy atom. The van der Waals surface area contributed by atoms with Crippen molar-refractivity contribution in [2.45, 2.75) is 45.1 Å². The molecule has 1 aliphatic heterocycles. The molecule has 3 heteroatoms. The van der Waals surface area contributed by atoms with Gasteiger partial charge in [-0.3, -0.25) is 4.79 Å². The lowest BCUT2D eigenvalue weighted by Gasteiger charge is -2.26. The van der Waals surface area contributed by atoms with Crippen molar-refractivity contribution in [3.05, 3.63) is 35.4 Å². The predicted octanol–water partition coefficient (Wildman–Crippen LogP) is 4.07. The summed E-state index contributed by atoms with van der Waals surface area (Å²) in [5, 5.41) is 0.